The van der Waals surface area contributed by atoms with Crippen LogP contribution < -0.4 is 5.32 Å². The summed E-state index contributed by atoms with van der Waals surface area (Å²) < 4.78 is 5.02. The Morgan fingerprint density at radius 1 is 1.32 bits per heavy atom. The van der Waals surface area contributed by atoms with Gasteiger partial charge in [0.2, 0.25) is 5.91 Å². The third kappa shape index (κ3) is 9.69. The maximum Gasteiger partial charge on any atom is 0.322 e. The first-order chi connectivity index (χ1) is 8.54. The number of rotatable bonds is 10. The second-order valence-corrected chi connectivity index (χ2v) is 4.10. The minimum absolute atomic E-state index is 0. The first-order valence-electron chi connectivity index (χ1n) is 6.26. The van der Waals surface area contributed by atoms with E-state index in [2.05, 4.69) is 19.2 Å². The second-order valence-electron chi connectivity index (χ2n) is 4.10. The average Bonchev–Trinajstić information content (AvgIpc) is 2.34. The molecule has 19 heavy (non-hydrogen) atoms. The highest BCUT2D eigenvalue weighted by atomic mass is 35.5. The van der Waals surface area contributed by atoms with Gasteiger partial charge in [-0.25, -0.2) is 0 Å². The summed E-state index contributed by atoms with van der Waals surface area (Å²) in [5.41, 5.74) is 0. The monoisotopic (exact) mass is 296 g/mol. The molecule has 0 rings (SSSR count). The van der Waals surface area contributed by atoms with E-state index >= 15 is 0 Å². The molecular formula is C12H25ClN2O4. The Kier molecular flexibility index (Phi) is 13.1. The van der Waals surface area contributed by atoms with E-state index in [9.17, 15) is 9.59 Å². The molecule has 0 radical (unpaired) electrons. The van der Waals surface area contributed by atoms with Gasteiger partial charge >= 0.3 is 5.97 Å². The van der Waals surface area contributed by atoms with Crippen LogP contribution in [-0.4, -0.2) is 61.3 Å². The van der Waals surface area contributed by atoms with Gasteiger partial charge in [0, 0.05) is 19.7 Å². The van der Waals surface area contributed by atoms with E-state index in [4.69, 9.17) is 9.84 Å². The molecule has 0 bridgehead atoms. The van der Waals surface area contributed by atoms with Gasteiger partial charge in [-0.1, -0.05) is 13.8 Å². The highest BCUT2D eigenvalue weighted by Crippen LogP contribution is 2.07. The van der Waals surface area contributed by atoms with Crippen molar-refractivity contribution < 1.29 is 19.4 Å². The lowest BCUT2D eigenvalue weighted by Crippen LogP contribution is -2.45. The molecule has 6 nitrogen and oxygen atoms in total. The Hall–Kier alpha value is -0.850. The Balaban J connectivity index is 0. The molecule has 0 aromatic carbocycles. The maximum absolute atomic E-state index is 11.6. The second kappa shape index (κ2) is 12.2. The highest BCUT2D eigenvalue weighted by Gasteiger charge is 2.18. The van der Waals surface area contributed by atoms with Crippen molar-refractivity contribution in [3.8, 4) is 0 Å². The van der Waals surface area contributed by atoms with Gasteiger partial charge in [0.1, 0.15) is 6.54 Å². The van der Waals surface area contributed by atoms with Gasteiger partial charge in [0.05, 0.1) is 13.2 Å². The SMILES string of the molecule is CCC(CC)N(CCOC)CC(=O)NCC(=O)O.Cl. The van der Waals surface area contributed by atoms with Gasteiger partial charge in [0.15, 0.2) is 0 Å². The van der Waals surface area contributed by atoms with Crippen LogP contribution in [0.15, 0.2) is 0 Å². The van der Waals surface area contributed by atoms with Crippen molar-refractivity contribution in [2.45, 2.75) is 32.7 Å². The first-order valence-corrected chi connectivity index (χ1v) is 6.26. The minimum atomic E-state index is -1.03. The third-order valence-corrected chi connectivity index (χ3v) is 2.83. The molecule has 0 saturated carbocycles. The normalized spacial score (nSPS) is 10.4. The van der Waals surface area contributed by atoms with Gasteiger partial charge in [-0.3, -0.25) is 14.5 Å². The van der Waals surface area contributed by atoms with Gasteiger partial charge in [-0.2, -0.15) is 0 Å². The Morgan fingerprint density at radius 3 is 2.32 bits per heavy atom. The molecule has 0 heterocycles. The van der Waals surface area contributed by atoms with Crippen molar-refractivity contribution in [1.29, 1.82) is 0 Å². The Labute approximate surface area is 120 Å². The first kappa shape index (κ1) is 20.5. The number of methoxy groups -OCH3 is 1. The maximum atomic E-state index is 11.6. The molecule has 2 N–H and O–H groups in total. The predicted molar refractivity (Wildman–Crippen MR) is 75.7 cm³/mol. The van der Waals surface area contributed by atoms with Crippen LogP contribution >= 0.6 is 12.4 Å². The van der Waals surface area contributed by atoms with Crippen LogP contribution in [0.1, 0.15) is 26.7 Å². The molecule has 0 aliphatic carbocycles. The molecule has 0 aromatic heterocycles. The van der Waals surface area contributed by atoms with Crippen LogP contribution in [0.2, 0.25) is 0 Å². The van der Waals surface area contributed by atoms with E-state index < -0.39 is 5.97 Å². The summed E-state index contributed by atoms with van der Waals surface area (Å²) in [4.78, 5) is 24.0. The fourth-order valence-electron chi connectivity index (χ4n) is 1.82. The zero-order chi connectivity index (χ0) is 14.0. The molecule has 0 fully saturated rings. The lowest BCUT2D eigenvalue weighted by Gasteiger charge is -2.29. The van der Waals surface area contributed by atoms with Crippen molar-refractivity contribution in [2.75, 3.05) is 33.4 Å². The largest absolute Gasteiger partial charge is 0.480 e. The Morgan fingerprint density at radius 2 is 1.89 bits per heavy atom. The number of hydrogen-bond donors (Lipinski definition) is 2. The number of nitrogens with one attached hydrogen (secondary N) is 1. The zero-order valence-electron chi connectivity index (χ0n) is 11.8. The summed E-state index contributed by atoms with van der Waals surface area (Å²) in [7, 11) is 1.62. The van der Waals surface area contributed by atoms with Gasteiger partial charge < -0.3 is 15.2 Å². The number of amides is 1. The minimum Gasteiger partial charge on any atom is -0.480 e. The third-order valence-electron chi connectivity index (χ3n) is 2.83. The van der Waals surface area contributed by atoms with E-state index in [0.29, 0.717) is 19.2 Å². The van der Waals surface area contributed by atoms with Crippen LogP contribution in [0, 0.1) is 0 Å². The number of halogens is 1. The molecule has 0 unspecified atom stereocenters. The Bertz CT molecular complexity index is 260. The summed E-state index contributed by atoms with van der Waals surface area (Å²) in [6.45, 7) is 5.25. The highest BCUT2D eigenvalue weighted by molar-refractivity contribution is 5.85. The van der Waals surface area contributed by atoms with Crippen LogP contribution in [0.3, 0.4) is 0 Å². The number of carboxylic acids is 1. The summed E-state index contributed by atoms with van der Waals surface area (Å²) in [6.07, 6.45) is 1.90. The predicted octanol–water partition coefficient (Wildman–Crippen LogP) is 0.746. The smallest absolute Gasteiger partial charge is 0.322 e. The fourth-order valence-corrected chi connectivity index (χ4v) is 1.82. The number of aliphatic carboxylic acids is 1. The summed E-state index contributed by atoms with van der Waals surface area (Å²) in [6, 6.07) is 0.315. The van der Waals surface area contributed by atoms with E-state index in [0.717, 1.165) is 12.8 Å². The van der Waals surface area contributed by atoms with Gasteiger partial charge in [-0.05, 0) is 12.8 Å². The van der Waals surface area contributed by atoms with Gasteiger partial charge in [0.25, 0.3) is 0 Å². The van der Waals surface area contributed by atoms with Crippen molar-refractivity contribution in [3.63, 3.8) is 0 Å². The summed E-state index contributed by atoms with van der Waals surface area (Å²) in [5.74, 6) is -1.30. The quantitative estimate of drug-likeness (QED) is 0.622. The van der Waals surface area contributed by atoms with E-state index in [-0.39, 0.29) is 31.4 Å². The molecule has 0 aliphatic heterocycles. The molecule has 114 valence electrons. The molecule has 0 spiro atoms. The van der Waals surface area contributed by atoms with Crippen LogP contribution in [0.25, 0.3) is 0 Å². The van der Waals surface area contributed by atoms with Crippen molar-refractivity contribution in [1.82, 2.24) is 10.2 Å². The summed E-state index contributed by atoms with van der Waals surface area (Å²) >= 11 is 0. The number of carbonyl (C=O) groups is 2. The number of carboxylic acid groups (broad SMARTS) is 1. The van der Waals surface area contributed by atoms with Crippen molar-refractivity contribution in [2.24, 2.45) is 0 Å². The van der Waals surface area contributed by atoms with E-state index in [1.165, 1.54) is 0 Å². The van der Waals surface area contributed by atoms with Crippen LogP contribution in [-0.2, 0) is 14.3 Å². The molecule has 0 atom stereocenters. The molecular weight excluding hydrogens is 272 g/mol. The van der Waals surface area contributed by atoms with E-state index in [1.54, 1.807) is 7.11 Å². The number of ether oxygens (including phenoxy) is 1. The number of hydrogen-bond acceptors (Lipinski definition) is 4. The van der Waals surface area contributed by atoms with Crippen LogP contribution in [0.4, 0.5) is 0 Å². The van der Waals surface area contributed by atoms with Gasteiger partial charge in [-0.15, -0.1) is 12.4 Å². The standard InChI is InChI=1S/C12H24N2O4.ClH/c1-4-10(5-2)14(6-7-18-3)9-11(15)13-8-12(16)17;/h10H,4-9H2,1-3H3,(H,13,15)(H,16,17);1H. The molecule has 0 saturated heterocycles. The van der Waals surface area contributed by atoms with Crippen molar-refractivity contribution >= 4 is 24.3 Å². The molecule has 0 aromatic rings. The summed E-state index contributed by atoms with van der Waals surface area (Å²) in [5, 5.41) is 10.9. The molecule has 7 heteroatoms. The topological polar surface area (TPSA) is 78.9 Å². The average molecular weight is 297 g/mol. The van der Waals surface area contributed by atoms with Crippen molar-refractivity contribution in [3.05, 3.63) is 0 Å². The van der Waals surface area contributed by atoms with E-state index in [1.807, 2.05) is 4.90 Å². The van der Waals surface area contributed by atoms with Crippen LogP contribution in [0.5, 0.6) is 0 Å². The number of nitrogens with zero attached hydrogens (tertiary/aromatic N) is 1. The molecule has 0 aliphatic rings. The zero-order valence-corrected chi connectivity index (χ0v) is 12.7. The fraction of sp³-hybridized carbons (Fsp3) is 0.833. The molecule has 1 amide bonds. The number of carbonyl (C=O) groups excluding carboxylic acids is 1. The lowest BCUT2D eigenvalue weighted by molar-refractivity contribution is -0.138. The lowest BCUT2D eigenvalue weighted by atomic mass is 10.1.